The molecule has 0 aliphatic heterocycles. The van der Waals surface area contributed by atoms with Crippen molar-refractivity contribution in [2.75, 3.05) is 0 Å². The summed E-state index contributed by atoms with van der Waals surface area (Å²) in [5.74, 6) is -2.42. The van der Waals surface area contributed by atoms with Crippen LogP contribution in [0.4, 0.5) is 13.2 Å². The fourth-order valence-corrected chi connectivity index (χ4v) is 2.91. The van der Waals surface area contributed by atoms with Crippen molar-refractivity contribution >= 4 is 22.8 Å². The Morgan fingerprint density at radius 1 is 1.33 bits per heavy atom. The Morgan fingerprint density at radius 2 is 2.07 bits per heavy atom. The number of nitrogens with zero attached hydrogens (tertiary/aromatic N) is 3. The molecule has 3 heterocycles. The van der Waals surface area contributed by atoms with Gasteiger partial charge < -0.3 is 10.1 Å². The van der Waals surface area contributed by atoms with E-state index in [4.69, 9.17) is 9.90 Å². The normalized spacial score (nSPS) is 17.0. The Hall–Kier alpha value is -3.17. The van der Waals surface area contributed by atoms with E-state index in [1.54, 1.807) is 6.20 Å². The monoisotopic (exact) mass is 380 g/mol. The minimum atomic E-state index is -5.08. The van der Waals surface area contributed by atoms with Gasteiger partial charge in [-0.3, -0.25) is 9.48 Å². The number of carbonyl (C=O) groups is 2. The zero-order valence-corrected chi connectivity index (χ0v) is 13.9. The van der Waals surface area contributed by atoms with Gasteiger partial charge in [-0.25, -0.2) is 9.78 Å². The highest BCUT2D eigenvalue weighted by Gasteiger charge is 2.38. The maximum absolute atomic E-state index is 11.4. The second-order valence-corrected chi connectivity index (χ2v) is 6.05. The van der Waals surface area contributed by atoms with Crippen molar-refractivity contribution in [3.8, 4) is 11.1 Å². The third kappa shape index (κ3) is 4.15. The summed E-state index contributed by atoms with van der Waals surface area (Å²) in [6.45, 7) is 0. The average molecular weight is 380 g/mol. The lowest BCUT2D eigenvalue weighted by molar-refractivity contribution is -0.192. The zero-order valence-electron chi connectivity index (χ0n) is 13.9. The molecular weight excluding hydrogens is 365 g/mol. The van der Waals surface area contributed by atoms with E-state index in [9.17, 15) is 18.0 Å². The van der Waals surface area contributed by atoms with Gasteiger partial charge in [-0.2, -0.15) is 18.3 Å². The molecule has 0 saturated heterocycles. The van der Waals surface area contributed by atoms with Gasteiger partial charge in [0.2, 0.25) is 0 Å². The van der Waals surface area contributed by atoms with Crippen molar-refractivity contribution in [2.45, 2.75) is 31.5 Å². The molecule has 2 N–H and O–H groups in total. The van der Waals surface area contributed by atoms with Crippen molar-refractivity contribution in [1.82, 2.24) is 19.7 Å². The summed E-state index contributed by atoms with van der Waals surface area (Å²) in [5.41, 5.74) is 3.06. The number of nitrogens with one attached hydrogen (secondary N) is 1. The molecule has 1 saturated carbocycles. The number of H-pyrrole nitrogens is 1. The molecule has 142 valence electrons. The van der Waals surface area contributed by atoms with Crippen LogP contribution in [0.25, 0.3) is 22.2 Å². The van der Waals surface area contributed by atoms with Crippen molar-refractivity contribution < 1.29 is 27.9 Å². The highest BCUT2D eigenvalue weighted by Crippen LogP contribution is 2.30. The van der Waals surface area contributed by atoms with E-state index < -0.39 is 12.1 Å². The fraction of sp³-hybridized carbons (Fsp3) is 0.294. The van der Waals surface area contributed by atoms with Crippen LogP contribution in [0.1, 0.15) is 25.3 Å². The predicted octanol–water partition coefficient (Wildman–Crippen LogP) is 3.35. The van der Waals surface area contributed by atoms with Crippen LogP contribution in [0, 0.1) is 0 Å². The molecule has 1 atom stereocenters. The Bertz CT molecular complexity index is 977. The molecule has 0 spiro atoms. The van der Waals surface area contributed by atoms with Crippen molar-refractivity contribution in [1.29, 1.82) is 0 Å². The molecule has 0 radical (unpaired) electrons. The minimum absolute atomic E-state index is 0.222. The van der Waals surface area contributed by atoms with E-state index >= 15 is 0 Å². The topological polar surface area (TPSA) is 101 Å². The average Bonchev–Trinajstić information content (AvgIpc) is 3.34. The third-order valence-corrected chi connectivity index (χ3v) is 4.21. The number of alkyl halides is 3. The summed E-state index contributed by atoms with van der Waals surface area (Å²) in [6, 6.07) is 4.24. The van der Waals surface area contributed by atoms with E-state index in [1.165, 1.54) is 0 Å². The lowest BCUT2D eigenvalue weighted by atomic mass is 10.1. The van der Waals surface area contributed by atoms with Gasteiger partial charge in [-0.05, 0) is 24.1 Å². The number of carbonyl (C=O) groups excluding carboxylic acids is 1. The quantitative estimate of drug-likeness (QED) is 0.710. The van der Waals surface area contributed by atoms with E-state index in [0.717, 1.165) is 28.6 Å². The number of Topliss-reactive ketones (excluding diaryl/α,β-unsaturated/α-hetero) is 1. The molecule has 0 bridgehead atoms. The number of hydrogen-bond donors (Lipinski definition) is 2. The Morgan fingerprint density at radius 3 is 2.70 bits per heavy atom. The standard InChI is InChI=1S/C15H14N4O.C2HF3O2/c20-12-2-1-11(7-12)19-9-10(8-18-19)13-3-5-16-15-14(13)4-6-17-15;3-2(4,5)1(6)7/h3-6,8-9,11H,1-2,7H2,(H,16,17);(H,6,7). The highest BCUT2D eigenvalue weighted by molar-refractivity contribution is 5.92. The number of halogens is 3. The first-order valence-corrected chi connectivity index (χ1v) is 8.04. The molecule has 10 heteroatoms. The number of rotatable bonds is 2. The van der Waals surface area contributed by atoms with Gasteiger partial charge in [-0.15, -0.1) is 0 Å². The third-order valence-electron chi connectivity index (χ3n) is 4.21. The first-order chi connectivity index (χ1) is 12.8. The van der Waals surface area contributed by atoms with Gasteiger partial charge in [0, 0.05) is 42.4 Å². The number of hydrogen-bond acceptors (Lipinski definition) is 4. The largest absolute Gasteiger partial charge is 0.490 e. The van der Waals surface area contributed by atoms with E-state index in [0.29, 0.717) is 18.6 Å². The molecule has 27 heavy (non-hydrogen) atoms. The maximum Gasteiger partial charge on any atom is 0.490 e. The number of carboxylic acids is 1. The Kier molecular flexibility index (Phi) is 4.98. The Balaban J connectivity index is 0.000000260. The maximum atomic E-state index is 11.4. The minimum Gasteiger partial charge on any atom is -0.475 e. The summed E-state index contributed by atoms with van der Waals surface area (Å²) in [7, 11) is 0. The van der Waals surface area contributed by atoms with E-state index in [1.807, 2.05) is 35.4 Å². The summed E-state index contributed by atoms with van der Waals surface area (Å²) in [6.07, 6.45) is 4.69. The van der Waals surface area contributed by atoms with Gasteiger partial charge in [0.15, 0.2) is 0 Å². The molecule has 7 nitrogen and oxygen atoms in total. The van der Waals surface area contributed by atoms with Crippen LogP contribution in [-0.2, 0) is 9.59 Å². The number of aliphatic carboxylic acids is 1. The van der Waals surface area contributed by atoms with Crippen LogP contribution >= 0.6 is 0 Å². The van der Waals surface area contributed by atoms with Gasteiger partial charge in [-0.1, -0.05) is 0 Å². The lowest BCUT2D eigenvalue weighted by Crippen LogP contribution is -2.21. The lowest BCUT2D eigenvalue weighted by Gasteiger charge is -2.07. The van der Waals surface area contributed by atoms with Gasteiger partial charge in [0.05, 0.1) is 12.2 Å². The molecule has 3 aromatic rings. The van der Waals surface area contributed by atoms with Crippen LogP contribution in [0.2, 0.25) is 0 Å². The summed E-state index contributed by atoms with van der Waals surface area (Å²) in [5, 5.41) is 12.7. The van der Waals surface area contributed by atoms with Gasteiger partial charge in [0.25, 0.3) is 0 Å². The number of pyridine rings is 1. The molecule has 1 aliphatic rings. The number of fused-ring (bicyclic) bond motifs is 1. The van der Waals surface area contributed by atoms with Crippen LogP contribution in [-0.4, -0.2) is 42.8 Å². The molecule has 1 unspecified atom stereocenters. The molecular formula is C17H15F3N4O3. The van der Waals surface area contributed by atoms with Crippen molar-refractivity contribution in [3.05, 3.63) is 36.9 Å². The zero-order chi connectivity index (χ0) is 19.6. The second-order valence-electron chi connectivity index (χ2n) is 6.05. The van der Waals surface area contributed by atoms with Crippen molar-refractivity contribution in [2.24, 2.45) is 0 Å². The first kappa shape index (κ1) is 18.6. The molecule has 3 aromatic heterocycles. The SMILES string of the molecule is O=C(O)C(F)(F)F.O=C1CCC(n2cc(-c3ccnc4[nH]ccc34)cn2)C1. The fourth-order valence-electron chi connectivity index (χ4n) is 2.91. The smallest absolute Gasteiger partial charge is 0.475 e. The summed E-state index contributed by atoms with van der Waals surface area (Å²) >= 11 is 0. The predicted molar refractivity (Wildman–Crippen MR) is 88.9 cm³/mol. The van der Waals surface area contributed by atoms with E-state index in [2.05, 4.69) is 15.1 Å². The first-order valence-electron chi connectivity index (χ1n) is 8.04. The van der Waals surface area contributed by atoms with Crippen LogP contribution < -0.4 is 0 Å². The van der Waals surface area contributed by atoms with Crippen molar-refractivity contribution in [3.63, 3.8) is 0 Å². The van der Waals surface area contributed by atoms with Crippen LogP contribution in [0.15, 0.2) is 36.9 Å². The molecule has 4 rings (SSSR count). The highest BCUT2D eigenvalue weighted by atomic mass is 19.4. The number of ketones is 1. The van der Waals surface area contributed by atoms with Crippen LogP contribution in [0.5, 0.6) is 0 Å². The van der Waals surface area contributed by atoms with Crippen LogP contribution in [0.3, 0.4) is 0 Å². The summed E-state index contributed by atoms with van der Waals surface area (Å²) in [4.78, 5) is 27.7. The molecule has 1 aliphatic carbocycles. The van der Waals surface area contributed by atoms with Gasteiger partial charge >= 0.3 is 12.1 Å². The number of aromatic nitrogens is 4. The number of carboxylic acid groups (broad SMARTS) is 1. The molecule has 0 amide bonds. The molecule has 1 fully saturated rings. The summed E-state index contributed by atoms with van der Waals surface area (Å²) < 4.78 is 33.7. The van der Waals surface area contributed by atoms with Gasteiger partial charge in [0.1, 0.15) is 11.4 Å². The number of aromatic amines is 1. The molecule has 0 aromatic carbocycles. The Labute approximate surface area is 150 Å². The van der Waals surface area contributed by atoms with E-state index in [-0.39, 0.29) is 6.04 Å². The second kappa shape index (κ2) is 7.22.